The Labute approximate surface area is 103 Å². The topological polar surface area (TPSA) is 117 Å². The van der Waals surface area contributed by atoms with Crippen molar-refractivity contribution in [3.05, 3.63) is 17.9 Å². The summed E-state index contributed by atoms with van der Waals surface area (Å²) in [6, 6.07) is 1.03. The van der Waals surface area contributed by atoms with E-state index in [-0.39, 0.29) is 10.7 Å². The smallest absolute Gasteiger partial charge is 0.322 e. The molecule has 1 aromatic heterocycles. The summed E-state index contributed by atoms with van der Waals surface area (Å²) in [7, 11) is -1.11. The van der Waals surface area contributed by atoms with Crippen molar-refractivity contribution in [3.63, 3.8) is 0 Å². The zero-order chi connectivity index (χ0) is 13.9. The van der Waals surface area contributed by atoms with Gasteiger partial charge in [-0.3, -0.25) is 9.59 Å². The summed E-state index contributed by atoms with van der Waals surface area (Å²) in [5.41, 5.74) is -0.0586. The summed E-state index contributed by atoms with van der Waals surface area (Å²) in [5.74, 6) is -1.92. The average Bonchev–Trinajstić information content (AvgIpc) is 2.75. The first-order chi connectivity index (χ1) is 8.25. The Bertz CT molecular complexity index is 559. The summed E-state index contributed by atoms with van der Waals surface area (Å²) in [4.78, 5) is 21.7. The number of carbonyl (C=O) groups excluding carboxylic acids is 1. The molecule has 0 aliphatic heterocycles. The number of sulfonamides is 1. The van der Waals surface area contributed by atoms with Gasteiger partial charge in [-0.05, 0) is 0 Å². The zero-order valence-corrected chi connectivity index (χ0v) is 10.5. The minimum atomic E-state index is -3.75. The maximum Gasteiger partial charge on any atom is 0.322 e. The normalized spacial score (nSPS) is 11.5. The maximum absolute atomic E-state index is 11.6. The van der Waals surface area contributed by atoms with Gasteiger partial charge in [0.1, 0.15) is 12.8 Å². The van der Waals surface area contributed by atoms with Gasteiger partial charge in [-0.2, -0.15) is 0 Å². The van der Waals surface area contributed by atoms with Crippen LogP contribution < -0.4 is 5.32 Å². The van der Waals surface area contributed by atoms with Gasteiger partial charge in [-0.25, -0.2) is 12.7 Å². The lowest BCUT2D eigenvalue weighted by molar-refractivity contribution is -0.135. The number of rotatable bonds is 5. The third-order valence-corrected chi connectivity index (χ3v) is 3.66. The number of hydrogen-bond acceptors (Lipinski definition) is 5. The number of carbonyl (C=O) groups is 2. The lowest BCUT2D eigenvalue weighted by Gasteiger charge is -2.07. The summed E-state index contributed by atoms with van der Waals surface area (Å²) in [6.45, 7) is -0.556. The van der Waals surface area contributed by atoms with E-state index in [9.17, 15) is 18.0 Å². The van der Waals surface area contributed by atoms with Crippen LogP contribution in [0.3, 0.4) is 0 Å². The van der Waals surface area contributed by atoms with Crippen molar-refractivity contribution in [2.75, 3.05) is 20.6 Å². The van der Waals surface area contributed by atoms with E-state index in [0.717, 1.165) is 16.6 Å². The van der Waals surface area contributed by atoms with Gasteiger partial charge in [-0.1, -0.05) is 0 Å². The van der Waals surface area contributed by atoms with Crippen LogP contribution in [0.15, 0.2) is 21.8 Å². The Balaban J connectivity index is 2.87. The molecule has 2 N–H and O–H groups in total. The molecule has 0 radical (unpaired) electrons. The first-order valence-corrected chi connectivity index (χ1v) is 6.20. The van der Waals surface area contributed by atoms with Crippen LogP contribution in [0.1, 0.15) is 10.4 Å². The number of aliphatic carboxylic acids is 1. The molecule has 9 heteroatoms. The van der Waals surface area contributed by atoms with Crippen LogP contribution in [-0.2, 0) is 14.8 Å². The molecule has 0 saturated carbocycles. The summed E-state index contributed by atoms with van der Waals surface area (Å²) < 4.78 is 29.0. The fourth-order valence-electron chi connectivity index (χ4n) is 1.01. The van der Waals surface area contributed by atoms with Crippen LogP contribution in [0, 0.1) is 0 Å². The van der Waals surface area contributed by atoms with Crippen molar-refractivity contribution in [3.8, 4) is 0 Å². The van der Waals surface area contributed by atoms with Gasteiger partial charge < -0.3 is 14.8 Å². The van der Waals surface area contributed by atoms with Crippen molar-refractivity contribution in [2.24, 2.45) is 0 Å². The molecule has 0 aliphatic rings. The third kappa shape index (κ3) is 3.08. The third-order valence-electron chi connectivity index (χ3n) is 1.97. The quantitative estimate of drug-likeness (QED) is 0.737. The summed E-state index contributed by atoms with van der Waals surface area (Å²) in [5, 5.41) is 10.1. The van der Waals surface area contributed by atoms with Crippen LogP contribution in [0.4, 0.5) is 0 Å². The molecule has 0 aromatic carbocycles. The van der Waals surface area contributed by atoms with Crippen LogP contribution in [0.25, 0.3) is 0 Å². The molecular formula is C9H12N2O6S. The van der Waals surface area contributed by atoms with Crippen molar-refractivity contribution < 1.29 is 27.5 Å². The number of hydrogen-bond donors (Lipinski definition) is 2. The van der Waals surface area contributed by atoms with Gasteiger partial charge in [0.15, 0.2) is 0 Å². The van der Waals surface area contributed by atoms with Crippen molar-refractivity contribution in [1.82, 2.24) is 9.62 Å². The van der Waals surface area contributed by atoms with E-state index in [1.807, 2.05) is 0 Å². The predicted octanol–water partition coefficient (Wildman–Crippen LogP) is -0.656. The minimum Gasteiger partial charge on any atom is -0.480 e. The molecule has 0 unspecified atom stereocenters. The lowest BCUT2D eigenvalue weighted by atomic mass is 10.3. The molecular weight excluding hydrogens is 264 g/mol. The zero-order valence-electron chi connectivity index (χ0n) is 9.71. The Kier molecular flexibility index (Phi) is 4.09. The molecule has 0 atom stereocenters. The fourth-order valence-corrected chi connectivity index (χ4v) is 1.81. The molecule has 1 rings (SSSR count). The lowest BCUT2D eigenvalue weighted by Crippen LogP contribution is -2.28. The molecule has 0 aliphatic carbocycles. The second kappa shape index (κ2) is 5.19. The van der Waals surface area contributed by atoms with Gasteiger partial charge in [0.05, 0.1) is 5.56 Å². The number of carboxylic acid groups (broad SMARTS) is 1. The SMILES string of the molecule is CN(C)S(=O)(=O)c1cc(C(=O)NCC(=O)O)co1. The second-order valence-corrected chi connectivity index (χ2v) is 5.60. The highest BCUT2D eigenvalue weighted by Crippen LogP contribution is 2.16. The van der Waals surface area contributed by atoms with E-state index in [4.69, 9.17) is 9.52 Å². The first kappa shape index (κ1) is 14.2. The monoisotopic (exact) mass is 276 g/mol. The van der Waals surface area contributed by atoms with Crippen LogP contribution in [-0.4, -0.2) is 50.3 Å². The molecule has 0 fully saturated rings. The maximum atomic E-state index is 11.6. The van der Waals surface area contributed by atoms with E-state index >= 15 is 0 Å². The van der Waals surface area contributed by atoms with Gasteiger partial charge in [0.25, 0.3) is 15.9 Å². The van der Waals surface area contributed by atoms with Gasteiger partial charge in [0.2, 0.25) is 5.09 Å². The van der Waals surface area contributed by atoms with Crippen molar-refractivity contribution >= 4 is 21.9 Å². The van der Waals surface area contributed by atoms with Crippen LogP contribution in [0.5, 0.6) is 0 Å². The largest absolute Gasteiger partial charge is 0.480 e. The van der Waals surface area contributed by atoms with Gasteiger partial charge in [-0.15, -0.1) is 0 Å². The molecule has 0 spiro atoms. The number of amides is 1. The number of nitrogens with zero attached hydrogens (tertiary/aromatic N) is 1. The molecule has 100 valence electrons. The van der Waals surface area contributed by atoms with Crippen molar-refractivity contribution in [2.45, 2.75) is 5.09 Å². The predicted molar refractivity (Wildman–Crippen MR) is 59.5 cm³/mol. The minimum absolute atomic E-state index is 0.0586. The number of furan rings is 1. The Hall–Kier alpha value is -1.87. The van der Waals surface area contributed by atoms with Crippen LogP contribution >= 0.6 is 0 Å². The second-order valence-electron chi connectivity index (χ2n) is 3.52. The molecule has 0 bridgehead atoms. The molecule has 1 amide bonds. The van der Waals surface area contributed by atoms with Crippen LogP contribution in [0.2, 0.25) is 0 Å². The van der Waals surface area contributed by atoms with Gasteiger partial charge in [0, 0.05) is 20.2 Å². The Morgan fingerprint density at radius 3 is 2.56 bits per heavy atom. The fraction of sp³-hybridized carbons (Fsp3) is 0.333. The molecule has 0 saturated heterocycles. The van der Waals surface area contributed by atoms with E-state index in [2.05, 4.69) is 5.32 Å². The summed E-state index contributed by atoms with van der Waals surface area (Å²) >= 11 is 0. The van der Waals surface area contributed by atoms with E-state index < -0.39 is 28.4 Å². The highest BCUT2D eigenvalue weighted by Gasteiger charge is 2.23. The van der Waals surface area contributed by atoms with Gasteiger partial charge >= 0.3 is 5.97 Å². The van der Waals surface area contributed by atoms with E-state index in [1.54, 1.807) is 0 Å². The average molecular weight is 276 g/mol. The molecule has 1 aromatic rings. The molecule has 18 heavy (non-hydrogen) atoms. The molecule has 8 nitrogen and oxygen atoms in total. The van der Waals surface area contributed by atoms with E-state index in [1.165, 1.54) is 14.1 Å². The number of carboxylic acids is 1. The van der Waals surface area contributed by atoms with Crippen molar-refractivity contribution in [1.29, 1.82) is 0 Å². The Morgan fingerprint density at radius 1 is 1.44 bits per heavy atom. The highest BCUT2D eigenvalue weighted by molar-refractivity contribution is 7.88. The summed E-state index contributed by atoms with van der Waals surface area (Å²) in [6.07, 6.45) is 0.952. The standard InChI is InChI=1S/C9H12N2O6S/c1-11(2)18(15,16)8-3-6(5-17-8)9(14)10-4-7(12)13/h3,5H,4H2,1-2H3,(H,10,14)(H,12,13). The Morgan fingerprint density at radius 2 is 2.06 bits per heavy atom. The molecule has 1 heterocycles. The highest BCUT2D eigenvalue weighted by atomic mass is 32.2. The number of nitrogens with one attached hydrogen (secondary N) is 1. The van der Waals surface area contributed by atoms with E-state index in [0.29, 0.717) is 0 Å². The first-order valence-electron chi connectivity index (χ1n) is 4.76.